The maximum Gasteiger partial charge on any atom is 0.326 e. The Hall–Kier alpha value is -7.42. The number of aromatic hydroxyl groups is 1. The number of carbonyl (C=O) groups is 12. The number of carboxylic acid groups (broad SMARTS) is 4. The highest BCUT2D eigenvalue weighted by Gasteiger charge is 2.35. The molecular formula is C42H63N9O18. The number of aliphatic carboxylic acids is 4. The van der Waals surface area contributed by atoms with Crippen molar-refractivity contribution in [2.75, 3.05) is 0 Å². The van der Waals surface area contributed by atoms with E-state index in [2.05, 4.69) is 37.2 Å². The lowest BCUT2D eigenvalue weighted by atomic mass is 10.0. The molecule has 0 unspecified atom stereocenters. The molecule has 384 valence electrons. The predicted octanol–water partition coefficient (Wildman–Crippen LogP) is -3.95. The molecule has 0 aliphatic heterocycles. The molecule has 1 aromatic carbocycles. The van der Waals surface area contributed by atoms with E-state index < -0.39 is 177 Å². The summed E-state index contributed by atoms with van der Waals surface area (Å²) in [5.41, 5.74) is 11.3. The first-order valence-corrected chi connectivity index (χ1v) is 21.6. The van der Waals surface area contributed by atoms with Gasteiger partial charge in [0.15, 0.2) is 0 Å². The minimum atomic E-state index is -1.86. The van der Waals surface area contributed by atoms with Crippen molar-refractivity contribution in [2.24, 2.45) is 17.4 Å². The molecule has 27 heteroatoms. The van der Waals surface area contributed by atoms with Crippen LogP contribution in [0.2, 0.25) is 0 Å². The van der Waals surface area contributed by atoms with Crippen LogP contribution in [0, 0.1) is 5.92 Å². The summed E-state index contributed by atoms with van der Waals surface area (Å²) in [6, 6.07) is -7.51. The Morgan fingerprint density at radius 2 is 0.841 bits per heavy atom. The standard InChI is InChI=1S/C42H63N9O18/c1-19(2)17-29(42(68)69)51-40(66)28(18-22-5-7-23(53)8-6-22)50-35(61)20(3)45-36(62)24(9-13-30(43)54)46-37(63)25(10-14-31(55)56)47-38(64)26(11-15-32(57)58)48-39(65)27(12-16-33(59)60)49-41(67)34(44)21(4)52/h5-8,19-21,24-29,34,52-53H,9-18,44H2,1-4H3,(H2,43,54)(H,45,62)(H,46,63)(H,47,64)(H,48,65)(H,49,67)(H,50,61)(H,51,66)(H,55,56)(H,57,58)(H,59,60)(H,68,69)/t20-,21+,24-,25-,26-,27-,28-,29-,34-/m0/s1. The van der Waals surface area contributed by atoms with Gasteiger partial charge in [0.1, 0.15) is 54.1 Å². The Morgan fingerprint density at radius 3 is 1.20 bits per heavy atom. The van der Waals surface area contributed by atoms with Crippen molar-refractivity contribution in [1.82, 2.24) is 37.2 Å². The Bertz CT molecular complexity index is 2020. The Labute approximate surface area is 395 Å². The van der Waals surface area contributed by atoms with Gasteiger partial charge in [-0.1, -0.05) is 26.0 Å². The van der Waals surface area contributed by atoms with Gasteiger partial charge < -0.3 is 79.3 Å². The molecule has 0 aliphatic rings. The van der Waals surface area contributed by atoms with E-state index >= 15 is 0 Å². The van der Waals surface area contributed by atoms with Crippen molar-refractivity contribution in [2.45, 2.75) is 146 Å². The van der Waals surface area contributed by atoms with Crippen LogP contribution in [0.4, 0.5) is 0 Å². The van der Waals surface area contributed by atoms with Gasteiger partial charge in [0.05, 0.1) is 6.10 Å². The second-order valence-corrected chi connectivity index (χ2v) is 16.5. The minimum Gasteiger partial charge on any atom is -0.508 e. The zero-order chi connectivity index (χ0) is 52.7. The van der Waals surface area contributed by atoms with Gasteiger partial charge in [-0.05, 0) is 69.6 Å². The van der Waals surface area contributed by atoms with Gasteiger partial charge in [-0.2, -0.15) is 0 Å². The van der Waals surface area contributed by atoms with Crippen molar-refractivity contribution in [3.05, 3.63) is 29.8 Å². The summed E-state index contributed by atoms with van der Waals surface area (Å²) >= 11 is 0. The summed E-state index contributed by atoms with van der Waals surface area (Å²) in [6.45, 7) is 5.79. The van der Waals surface area contributed by atoms with Crippen LogP contribution in [0.1, 0.15) is 91.0 Å². The third kappa shape index (κ3) is 23.2. The zero-order valence-electron chi connectivity index (χ0n) is 38.4. The number of phenolic OH excluding ortho intramolecular Hbond substituents is 1. The van der Waals surface area contributed by atoms with Crippen LogP contribution in [0.25, 0.3) is 0 Å². The van der Waals surface area contributed by atoms with Crippen LogP contribution >= 0.6 is 0 Å². The lowest BCUT2D eigenvalue weighted by molar-refractivity contribution is -0.143. The van der Waals surface area contributed by atoms with E-state index in [9.17, 15) is 88.2 Å². The van der Waals surface area contributed by atoms with E-state index in [1.807, 2.05) is 0 Å². The fourth-order valence-electron chi connectivity index (χ4n) is 6.19. The van der Waals surface area contributed by atoms with Crippen molar-refractivity contribution < 1.29 is 88.2 Å². The Balaban J connectivity index is 3.45. The molecule has 0 saturated heterocycles. The third-order valence-corrected chi connectivity index (χ3v) is 10.1. The lowest BCUT2D eigenvalue weighted by Gasteiger charge is -2.27. The van der Waals surface area contributed by atoms with Gasteiger partial charge in [-0.3, -0.25) is 52.7 Å². The summed E-state index contributed by atoms with van der Waals surface area (Å²) in [5, 5.41) is 73.0. The molecule has 0 radical (unpaired) electrons. The number of carboxylic acids is 4. The van der Waals surface area contributed by atoms with Crippen LogP contribution in [-0.2, 0) is 64.0 Å². The Morgan fingerprint density at radius 1 is 0.493 bits per heavy atom. The first-order valence-electron chi connectivity index (χ1n) is 21.6. The number of nitrogens with one attached hydrogen (secondary N) is 7. The summed E-state index contributed by atoms with van der Waals surface area (Å²) in [5.74, 6) is -14.8. The van der Waals surface area contributed by atoms with Gasteiger partial charge in [-0.25, -0.2) is 4.79 Å². The van der Waals surface area contributed by atoms with Crippen LogP contribution in [-0.4, -0.2) is 156 Å². The van der Waals surface area contributed by atoms with Crippen LogP contribution in [0.5, 0.6) is 5.75 Å². The van der Waals surface area contributed by atoms with Gasteiger partial charge >= 0.3 is 23.9 Å². The highest BCUT2D eigenvalue weighted by molar-refractivity contribution is 5.98. The van der Waals surface area contributed by atoms with E-state index in [-0.39, 0.29) is 24.5 Å². The number of hydrogen-bond acceptors (Lipinski definition) is 15. The molecule has 0 spiro atoms. The minimum absolute atomic E-state index is 0.0359. The first-order chi connectivity index (χ1) is 32.1. The number of aliphatic hydroxyl groups is 1. The molecule has 0 heterocycles. The Kier molecular flexibility index (Phi) is 25.4. The molecule has 27 nitrogen and oxygen atoms in total. The molecule has 9 atom stereocenters. The summed E-state index contributed by atoms with van der Waals surface area (Å²) in [4.78, 5) is 152. The maximum atomic E-state index is 13.8. The molecular weight excluding hydrogens is 919 g/mol. The molecule has 0 aromatic heterocycles. The predicted molar refractivity (Wildman–Crippen MR) is 237 cm³/mol. The highest BCUT2D eigenvalue weighted by atomic mass is 16.4. The van der Waals surface area contributed by atoms with E-state index in [4.69, 9.17) is 11.5 Å². The van der Waals surface area contributed by atoms with Crippen molar-refractivity contribution in [1.29, 1.82) is 0 Å². The molecule has 1 rings (SSSR count). The topological polar surface area (TPSA) is 462 Å². The fourth-order valence-corrected chi connectivity index (χ4v) is 6.19. The monoisotopic (exact) mass is 981 g/mol. The SMILES string of the molecule is CC(C)C[C@H](NC(=O)[C@H](Cc1ccc(O)cc1)NC(=O)[C@H](C)NC(=O)[C@H](CCC(N)=O)NC(=O)[C@H](CCC(=O)O)NC(=O)[C@H](CCC(=O)O)NC(=O)[C@H](CCC(=O)O)NC(=O)[C@@H](N)[C@@H](C)O)C(=O)O. The molecule has 0 aliphatic carbocycles. The van der Waals surface area contributed by atoms with Crippen molar-refractivity contribution in [3.8, 4) is 5.75 Å². The fraction of sp³-hybridized carbons (Fsp3) is 0.571. The van der Waals surface area contributed by atoms with E-state index in [1.165, 1.54) is 31.2 Å². The normalized spacial score (nSPS) is 14.9. The van der Waals surface area contributed by atoms with Crippen LogP contribution in [0.15, 0.2) is 24.3 Å². The molecule has 0 bridgehead atoms. The van der Waals surface area contributed by atoms with Crippen molar-refractivity contribution >= 4 is 71.1 Å². The number of primary amides is 1. The summed E-state index contributed by atoms with van der Waals surface area (Å²) in [7, 11) is 0. The van der Waals surface area contributed by atoms with E-state index in [0.29, 0.717) is 5.56 Å². The largest absolute Gasteiger partial charge is 0.508 e. The number of phenols is 1. The van der Waals surface area contributed by atoms with Gasteiger partial charge in [-0.15, -0.1) is 0 Å². The molecule has 0 fully saturated rings. The number of hydrogen-bond donors (Lipinski definition) is 15. The number of carbonyl (C=O) groups excluding carboxylic acids is 8. The quantitative estimate of drug-likeness (QED) is 0.0328. The van der Waals surface area contributed by atoms with Gasteiger partial charge in [0, 0.05) is 32.1 Å². The second kappa shape index (κ2) is 29.4. The molecule has 69 heavy (non-hydrogen) atoms. The number of benzene rings is 1. The second-order valence-electron chi connectivity index (χ2n) is 16.5. The van der Waals surface area contributed by atoms with E-state index in [0.717, 1.165) is 6.92 Å². The molecule has 17 N–H and O–H groups in total. The lowest BCUT2D eigenvalue weighted by Crippen LogP contribution is -2.60. The molecule has 1 aromatic rings. The van der Waals surface area contributed by atoms with Gasteiger partial charge in [0.25, 0.3) is 0 Å². The zero-order valence-corrected chi connectivity index (χ0v) is 38.4. The third-order valence-electron chi connectivity index (χ3n) is 10.1. The maximum absolute atomic E-state index is 13.8. The average molecular weight is 982 g/mol. The summed E-state index contributed by atoms with van der Waals surface area (Å²) in [6.07, 6.45) is -6.89. The highest BCUT2D eigenvalue weighted by Crippen LogP contribution is 2.13. The molecule has 0 saturated carbocycles. The number of amides is 8. The van der Waals surface area contributed by atoms with Crippen LogP contribution in [0.3, 0.4) is 0 Å². The smallest absolute Gasteiger partial charge is 0.326 e. The number of aliphatic hydroxyl groups excluding tert-OH is 1. The average Bonchev–Trinajstić information content (AvgIpc) is 3.25. The number of nitrogens with two attached hydrogens (primary N) is 2. The van der Waals surface area contributed by atoms with Crippen molar-refractivity contribution in [3.63, 3.8) is 0 Å². The molecule has 8 amide bonds. The first kappa shape index (κ1) is 59.6. The summed E-state index contributed by atoms with van der Waals surface area (Å²) < 4.78 is 0. The number of rotatable bonds is 32. The van der Waals surface area contributed by atoms with Gasteiger partial charge in [0.2, 0.25) is 47.3 Å². The van der Waals surface area contributed by atoms with Crippen LogP contribution < -0.4 is 48.7 Å². The van der Waals surface area contributed by atoms with E-state index in [1.54, 1.807) is 13.8 Å².